The average molecular weight is 434 g/mol. The number of hydrogen-bond acceptors (Lipinski definition) is 5. The van der Waals surface area contributed by atoms with Gasteiger partial charge >= 0.3 is 0 Å². The van der Waals surface area contributed by atoms with Gasteiger partial charge in [-0.2, -0.15) is 4.31 Å². The Morgan fingerprint density at radius 2 is 1.73 bits per heavy atom. The third kappa shape index (κ3) is 5.31. The molecule has 0 saturated carbocycles. The molecule has 30 heavy (non-hydrogen) atoms. The molecule has 1 amide bonds. The Balaban J connectivity index is 2.26. The smallest absolute Gasteiger partial charge is 0.262 e. The zero-order valence-corrected chi connectivity index (χ0v) is 19.3. The van der Waals surface area contributed by atoms with Crippen molar-refractivity contribution in [3.05, 3.63) is 47.5 Å². The highest BCUT2D eigenvalue weighted by Gasteiger charge is 2.23. The van der Waals surface area contributed by atoms with Crippen molar-refractivity contribution in [1.82, 2.24) is 4.31 Å². The van der Waals surface area contributed by atoms with Gasteiger partial charge in [-0.25, -0.2) is 8.42 Å². The number of hydrogen-bond donors (Lipinski definition) is 1. The molecule has 0 aromatic heterocycles. The standard InChI is InChI=1S/C22H31N3O4S/c1-7-25(8-2)30(27,28)18-12-13-20(24(5)6)19(14-18)23-22(26)15-29-21-11-9-10-16(3)17(21)4/h9-14H,7-8,15H2,1-6H3,(H,23,26). The first-order chi connectivity index (χ1) is 14.1. The van der Waals surface area contributed by atoms with Crippen LogP contribution in [0.25, 0.3) is 0 Å². The third-order valence-electron chi connectivity index (χ3n) is 4.98. The molecule has 0 heterocycles. The fourth-order valence-electron chi connectivity index (χ4n) is 3.09. The summed E-state index contributed by atoms with van der Waals surface area (Å²) in [4.78, 5) is 14.5. The highest BCUT2D eigenvalue weighted by molar-refractivity contribution is 7.89. The molecule has 8 heteroatoms. The van der Waals surface area contributed by atoms with E-state index < -0.39 is 10.0 Å². The van der Waals surface area contributed by atoms with Gasteiger partial charge in [0.15, 0.2) is 6.61 Å². The Kier molecular flexibility index (Phi) is 7.86. The molecule has 1 N–H and O–H groups in total. The maximum absolute atomic E-state index is 12.9. The Labute approximate surface area is 179 Å². The number of benzene rings is 2. The van der Waals surface area contributed by atoms with Gasteiger partial charge in [-0.05, 0) is 49.2 Å². The van der Waals surface area contributed by atoms with E-state index in [1.54, 1.807) is 26.0 Å². The van der Waals surface area contributed by atoms with E-state index >= 15 is 0 Å². The second kappa shape index (κ2) is 9.95. The Morgan fingerprint density at radius 3 is 2.33 bits per heavy atom. The Morgan fingerprint density at radius 1 is 1.07 bits per heavy atom. The van der Waals surface area contributed by atoms with Crippen LogP contribution in [0.2, 0.25) is 0 Å². The van der Waals surface area contributed by atoms with Gasteiger partial charge in [-0.3, -0.25) is 4.79 Å². The van der Waals surface area contributed by atoms with E-state index in [4.69, 9.17) is 4.74 Å². The summed E-state index contributed by atoms with van der Waals surface area (Å²) in [5.41, 5.74) is 3.18. The van der Waals surface area contributed by atoms with Crippen LogP contribution in [0.5, 0.6) is 5.75 Å². The minimum atomic E-state index is -3.64. The number of aryl methyl sites for hydroxylation is 1. The van der Waals surface area contributed by atoms with Gasteiger partial charge in [-0.1, -0.05) is 26.0 Å². The van der Waals surface area contributed by atoms with Crippen LogP contribution < -0.4 is 15.0 Å². The minimum Gasteiger partial charge on any atom is -0.483 e. The molecular formula is C22H31N3O4S. The molecule has 0 fully saturated rings. The van der Waals surface area contributed by atoms with Crippen LogP contribution in [-0.2, 0) is 14.8 Å². The first-order valence-corrected chi connectivity index (χ1v) is 11.4. The van der Waals surface area contributed by atoms with Crippen LogP contribution in [0, 0.1) is 13.8 Å². The van der Waals surface area contributed by atoms with Gasteiger partial charge in [0.1, 0.15) is 5.75 Å². The molecule has 2 aromatic carbocycles. The summed E-state index contributed by atoms with van der Waals surface area (Å²) in [6.07, 6.45) is 0. The molecule has 0 unspecified atom stereocenters. The minimum absolute atomic E-state index is 0.141. The maximum Gasteiger partial charge on any atom is 0.262 e. The quantitative estimate of drug-likeness (QED) is 0.656. The van der Waals surface area contributed by atoms with Crippen LogP contribution in [0.4, 0.5) is 11.4 Å². The number of carbonyl (C=O) groups is 1. The van der Waals surface area contributed by atoms with Crippen molar-refractivity contribution >= 4 is 27.3 Å². The number of carbonyl (C=O) groups excluding carboxylic acids is 1. The van der Waals surface area contributed by atoms with Gasteiger partial charge < -0.3 is 15.0 Å². The second-order valence-electron chi connectivity index (χ2n) is 7.20. The van der Waals surface area contributed by atoms with Crippen molar-refractivity contribution in [1.29, 1.82) is 0 Å². The molecule has 0 bridgehead atoms. The van der Waals surface area contributed by atoms with E-state index in [-0.39, 0.29) is 17.4 Å². The number of sulfonamides is 1. The summed E-state index contributed by atoms with van der Waals surface area (Å²) in [5.74, 6) is 0.284. The van der Waals surface area contributed by atoms with Gasteiger partial charge in [0.2, 0.25) is 10.0 Å². The Bertz CT molecular complexity index is 999. The molecule has 0 spiro atoms. The number of ether oxygens (including phenoxy) is 1. The fraction of sp³-hybridized carbons (Fsp3) is 0.409. The summed E-state index contributed by atoms with van der Waals surface area (Å²) >= 11 is 0. The van der Waals surface area contributed by atoms with Crippen LogP contribution in [-0.4, -0.2) is 52.4 Å². The lowest BCUT2D eigenvalue weighted by Gasteiger charge is -2.22. The van der Waals surface area contributed by atoms with Crippen molar-refractivity contribution < 1.29 is 17.9 Å². The average Bonchev–Trinajstić information content (AvgIpc) is 2.69. The first-order valence-electron chi connectivity index (χ1n) is 9.92. The third-order valence-corrected chi connectivity index (χ3v) is 7.03. The molecular weight excluding hydrogens is 402 g/mol. The van der Waals surface area contributed by atoms with Crippen molar-refractivity contribution in [2.24, 2.45) is 0 Å². The van der Waals surface area contributed by atoms with E-state index in [0.29, 0.717) is 30.2 Å². The predicted octanol–water partition coefficient (Wildman–Crippen LogP) is 3.42. The largest absolute Gasteiger partial charge is 0.483 e. The molecule has 0 aliphatic rings. The van der Waals surface area contributed by atoms with Crippen molar-refractivity contribution in [3.63, 3.8) is 0 Å². The zero-order chi connectivity index (χ0) is 22.5. The molecule has 0 atom stereocenters. The van der Waals surface area contributed by atoms with Crippen LogP contribution >= 0.6 is 0 Å². The summed E-state index contributed by atoms with van der Waals surface area (Å²) < 4.78 is 32.8. The number of amides is 1. The lowest BCUT2D eigenvalue weighted by molar-refractivity contribution is -0.118. The fourth-order valence-corrected chi connectivity index (χ4v) is 4.57. The number of anilines is 2. The molecule has 0 saturated heterocycles. The highest BCUT2D eigenvalue weighted by Crippen LogP contribution is 2.29. The van der Waals surface area contributed by atoms with Gasteiger partial charge in [0, 0.05) is 27.2 Å². The maximum atomic E-state index is 12.9. The van der Waals surface area contributed by atoms with E-state index in [9.17, 15) is 13.2 Å². The molecule has 2 rings (SSSR count). The van der Waals surface area contributed by atoms with E-state index in [2.05, 4.69) is 5.32 Å². The lowest BCUT2D eigenvalue weighted by Crippen LogP contribution is -2.31. The SMILES string of the molecule is CCN(CC)S(=O)(=O)c1ccc(N(C)C)c(NC(=O)COc2cccc(C)c2C)c1. The molecule has 164 valence electrons. The van der Waals surface area contributed by atoms with E-state index in [0.717, 1.165) is 11.1 Å². The Hall–Kier alpha value is -2.58. The summed E-state index contributed by atoms with van der Waals surface area (Å²) in [6.45, 7) is 8.08. The first kappa shape index (κ1) is 23.7. The number of nitrogens with one attached hydrogen (secondary N) is 1. The van der Waals surface area contributed by atoms with Gasteiger partial charge in [0.25, 0.3) is 5.91 Å². The zero-order valence-electron chi connectivity index (χ0n) is 18.5. The highest BCUT2D eigenvalue weighted by atomic mass is 32.2. The predicted molar refractivity (Wildman–Crippen MR) is 121 cm³/mol. The lowest BCUT2D eigenvalue weighted by atomic mass is 10.1. The van der Waals surface area contributed by atoms with E-state index in [1.165, 1.54) is 10.4 Å². The molecule has 0 aliphatic carbocycles. The normalized spacial score (nSPS) is 11.4. The van der Waals surface area contributed by atoms with Crippen LogP contribution in [0.15, 0.2) is 41.3 Å². The van der Waals surface area contributed by atoms with Crippen LogP contribution in [0.3, 0.4) is 0 Å². The van der Waals surface area contributed by atoms with E-state index in [1.807, 2.05) is 51.0 Å². The molecule has 0 radical (unpaired) electrons. The van der Waals surface area contributed by atoms with Gasteiger partial charge in [0.05, 0.1) is 16.3 Å². The van der Waals surface area contributed by atoms with Crippen molar-refractivity contribution in [3.8, 4) is 5.75 Å². The molecule has 0 aliphatic heterocycles. The molecule has 7 nitrogen and oxygen atoms in total. The summed E-state index contributed by atoms with van der Waals surface area (Å²) in [6, 6.07) is 10.4. The van der Waals surface area contributed by atoms with Crippen LogP contribution in [0.1, 0.15) is 25.0 Å². The van der Waals surface area contributed by atoms with Gasteiger partial charge in [-0.15, -0.1) is 0 Å². The number of nitrogens with zero attached hydrogens (tertiary/aromatic N) is 2. The van der Waals surface area contributed by atoms with Crippen molar-refractivity contribution in [2.45, 2.75) is 32.6 Å². The van der Waals surface area contributed by atoms with Crippen molar-refractivity contribution in [2.75, 3.05) is 44.0 Å². The molecule has 2 aromatic rings. The number of rotatable bonds is 9. The monoisotopic (exact) mass is 433 g/mol. The topological polar surface area (TPSA) is 79.0 Å². The summed E-state index contributed by atoms with van der Waals surface area (Å²) in [5, 5.41) is 2.80. The second-order valence-corrected chi connectivity index (χ2v) is 9.14. The summed E-state index contributed by atoms with van der Waals surface area (Å²) in [7, 11) is 0.0237.